The van der Waals surface area contributed by atoms with Crippen LogP contribution < -0.4 is 9.57 Å². The predicted molar refractivity (Wildman–Crippen MR) is 68.6 cm³/mol. The summed E-state index contributed by atoms with van der Waals surface area (Å²) in [5, 5.41) is 8.69. The highest BCUT2D eigenvalue weighted by Crippen LogP contribution is 2.26. The fraction of sp³-hybridized carbons (Fsp3) is 0.600. The first-order valence-electron chi connectivity index (χ1n) is 6.93. The van der Waals surface area contributed by atoms with Gasteiger partial charge in [-0.15, -0.1) is 0 Å². The predicted octanol–water partition coefficient (Wildman–Crippen LogP) is 2.63. The van der Waals surface area contributed by atoms with Crippen LogP contribution in [0.15, 0.2) is 24.5 Å². The Morgan fingerprint density at radius 2 is 1.94 bits per heavy atom. The molecule has 0 aromatic carbocycles. The van der Waals surface area contributed by atoms with E-state index in [-0.39, 0.29) is 0 Å². The highest BCUT2D eigenvalue weighted by molar-refractivity contribution is 5.23. The van der Waals surface area contributed by atoms with Crippen molar-refractivity contribution in [3.8, 4) is 6.07 Å². The van der Waals surface area contributed by atoms with E-state index in [0.29, 0.717) is 5.56 Å². The van der Waals surface area contributed by atoms with E-state index < -0.39 is 0 Å². The average Bonchev–Trinajstić information content (AvgIpc) is 2.45. The van der Waals surface area contributed by atoms with E-state index in [9.17, 15) is 0 Å². The molecule has 0 bridgehead atoms. The van der Waals surface area contributed by atoms with E-state index in [1.165, 1.54) is 38.5 Å². The van der Waals surface area contributed by atoms with Gasteiger partial charge in [-0.1, -0.05) is 32.1 Å². The van der Waals surface area contributed by atoms with Gasteiger partial charge in [0, 0.05) is 16.9 Å². The molecule has 0 saturated heterocycles. The molecule has 18 heavy (non-hydrogen) atoms. The van der Waals surface area contributed by atoms with Crippen molar-refractivity contribution in [2.24, 2.45) is 5.92 Å². The van der Waals surface area contributed by atoms with Gasteiger partial charge in [-0.3, -0.25) is 4.84 Å². The van der Waals surface area contributed by atoms with Gasteiger partial charge in [0.15, 0.2) is 6.61 Å². The van der Waals surface area contributed by atoms with Crippen LogP contribution in [0.3, 0.4) is 0 Å². The third-order valence-corrected chi connectivity index (χ3v) is 3.65. The van der Waals surface area contributed by atoms with E-state index in [2.05, 4.69) is 6.07 Å². The largest absolute Gasteiger partial charge is 0.271 e. The maximum absolute atomic E-state index is 8.69. The lowest BCUT2D eigenvalue weighted by molar-refractivity contribution is -0.891. The second-order valence-corrected chi connectivity index (χ2v) is 5.04. The molecule has 1 fully saturated rings. The van der Waals surface area contributed by atoms with Crippen LogP contribution >= 0.6 is 0 Å². The Kier molecular flexibility index (Phi) is 5.01. The highest BCUT2D eigenvalue weighted by Gasteiger charge is 2.13. The van der Waals surface area contributed by atoms with Crippen LogP contribution in [0.25, 0.3) is 0 Å². The van der Waals surface area contributed by atoms with Crippen LogP contribution in [0.5, 0.6) is 0 Å². The molecule has 1 saturated carbocycles. The van der Waals surface area contributed by atoms with Crippen molar-refractivity contribution in [3.05, 3.63) is 30.1 Å². The summed E-state index contributed by atoms with van der Waals surface area (Å²) in [6, 6.07) is 5.63. The van der Waals surface area contributed by atoms with Crippen molar-refractivity contribution in [1.29, 1.82) is 5.26 Å². The fourth-order valence-corrected chi connectivity index (χ4v) is 2.59. The summed E-state index contributed by atoms with van der Waals surface area (Å²) in [5.74, 6) is 0.924. The Labute approximate surface area is 109 Å². The number of aromatic nitrogens is 1. The first-order chi connectivity index (χ1) is 8.88. The first-order valence-corrected chi connectivity index (χ1v) is 6.93. The van der Waals surface area contributed by atoms with Crippen molar-refractivity contribution in [2.45, 2.75) is 44.9 Å². The van der Waals surface area contributed by atoms with Gasteiger partial charge in [-0.25, -0.2) is 0 Å². The summed E-state index contributed by atoms with van der Waals surface area (Å²) >= 11 is 0. The number of hydrogen-bond donors (Lipinski definition) is 0. The third-order valence-electron chi connectivity index (χ3n) is 3.65. The molecule has 0 N–H and O–H groups in total. The van der Waals surface area contributed by atoms with Crippen LogP contribution in [0, 0.1) is 17.2 Å². The molecule has 3 heteroatoms. The molecule has 0 atom stereocenters. The summed E-state index contributed by atoms with van der Waals surface area (Å²) in [7, 11) is 0. The molecular weight excluding hydrogens is 224 g/mol. The van der Waals surface area contributed by atoms with Crippen molar-refractivity contribution >= 4 is 0 Å². The Morgan fingerprint density at radius 3 is 2.61 bits per heavy atom. The van der Waals surface area contributed by atoms with E-state index in [0.717, 1.165) is 18.9 Å². The van der Waals surface area contributed by atoms with Crippen LogP contribution in [-0.2, 0) is 0 Å². The molecule has 96 valence electrons. The Morgan fingerprint density at radius 1 is 1.22 bits per heavy atom. The van der Waals surface area contributed by atoms with Crippen molar-refractivity contribution in [3.63, 3.8) is 0 Å². The van der Waals surface area contributed by atoms with Crippen molar-refractivity contribution < 1.29 is 9.57 Å². The Bertz CT molecular complexity index is 388. The molecule has 1 aliphatic rings. The minimum atomic E-state index is 0.664. The van der Waals surface area contributed by atoms with Crippen LogP contribution in [0.4, 0.5) is 0 Å². The van der Waals surface area contributed by atoms with Gasteiger partial charge in [0.05, 0.1) is 11.6 Å². The van der Waals surface area contributed by atoms with E-state index in [4.69, 9.17) is 10.1 Å². The lowest BCUT2D eigenvalue weighted by Crippen LogP contribution is -2.42. The van der Waals surface area contributed by atoms with Gasteiger partial charge in [-0.05, 0) is 18.8 Å². The molecule has 1 heterocycles. The number of nitrogens with zero attached hydrogens (tertiary/aromatic N) is 2. The Hall–Kier alpha value is -1.56. The van der Waals surface area contributed by atoms with Crippen LogP contribution in [0.2, 0.25) is 0 Å². The SMILES string of the molecule is N#Cc1cc[n+](OCCCC2CCCCC2)cc1. The topological polar surface area (TPSA) is 36.9 Å². The van der Waals surface area contributed by atoms with E-state index >= 15 is 0 Å². The summed E-state index contributed by atoms with van der Waals surface area (Å²) in [6.45, 7) is 0.757. The number of hydrogen-bond acceptors (Lipinski definition) is 2. The lowest BCUT2D eigenvalue weighted by atomic mass is 9.86. The maximum atomic E-state index is 8.69. The molecule has 1 aromatic rings. The normalized spacial score (nSPS) is 16.2. The number of nitriles is 1. The number of pyridine rings is 1. The van der Waals surface area contributed by atoms with Crippen LogP contribution in [-0.4, -0.2) is 6.61 Å². The fourth-order valence-electron chi connectivity index (χ4n) is 2.59. The summed E-state index contributed by atoms with van der Waals surface area (Å²) < 4.78 is 1.68. The molecular formula is C15H21N2O+. The minimum absolute atomic E-state index is 0.664. The van der Waals surface area contributed by atoms with Crippen molar-refractivity contribution in [2.75, 3.05) is 6.61 Å². The molecule has 0 radical (unpaired) electrons. The smallest absolute Gasteiger partial charge is 0.223 e. The molecule has 2 rings (SSSR count). The maximum Gasteiger partial charge on any atom is 0.223 e. The van der Waals surface area contributed by atoms with Crippen LogP contribution in [0.1, 0.15) is 50.5 Å². The van der Waals surface area contributed by atoms with Gasteiger partial charge < -0.3 is 0 Å². The number of rotatable bonds is 5. The first kappa shape index (κ1) is 12.9. The van der Waals surface area contributed by atoms with Gasteiger partial charge >= 0.3 is 0 Å². The van der Waals surface area contributed by atoms with Gasteiger partial charge in [0.1, 0.15) is 0 Å². The summed E-state index contributed by atoms with van der Waals surface area (Å²) in [5.41, 5.74) is 0.664. The second-order valence-electron chi connectivity index (χ2n) is 5.04. The van der Waals surface area contributed by atoms with Crippen molar-refractivity contribution in [1.82, 2.24) is 0 Å². The zero-order valence-corrected chi connectivity index (χ0v) is 10.8. The standard InChI is InChI=1S/C15H21N2O/c16-13-15-8-10-17(11-9-15)18-12-4-7-14-5-2-1-3-6-14/h8-11,14H,1-7,12H2/q+1. The van der Waals surface area contributed by atoms with E-state index in [1.54, 1.807) is 29.3 Å². The Balaban J connectivity index is 1.63. The zero-order chi connectivity index (χ0) is 12.6. The minimum Gasteiger partial charge on any atom is -0.271 e. The lowest BCUT2D eigenvalue weighted by Gasteiger charge is -2.20. The zero-order valence-electron chi connectivity index (χ0n) is 10.8. The molecule has 0 spiro atoms. The second kappa shape index (κ2) is 7.00. The average molecular weight is 245 g/mol. The van der Waals surface area contributed by atoms with Gasteiger partial charge in [0.2, 0.25) is 12.4 Å². The van der Waals surface area contributed by atoms with Gasteiger partial charge in [0.25, 0.3) is 0 Å². The van der Waals surface area contributed by atoms with Gasteiger partial charge in [-0.2, -0.15) is 5.26 Å². The van der Waals surface area contributed by atoms with E-state index in [1.807, 2.05) is 0 Å². The molecule has 0 amide bonds. The quantitative estimate of drug-likeness (QED) is 0.590. The summed E-state index contributed by atoms with van der Waals surface area (Å²) in [4.78, 5) is 5.60. The molecule has 1 aliphatic carbocycles. The third kappa shape index (κ3) is 4.03. The highest BCUT2D eigenvalue weighted by atomic mass is 16.7. The molecule has 3 nitrogen and oxygen atoms in total. The molecule has 0 unspecified atom stereocenters. The molecule has 0 aliphatic heterocycles. The monoisotopic (exact) mass is 245 g/mol. The molecule has 1 aromatic heterocycles. The summed E-state index contributed by atoms with van der Waals surface area (Å²) in [6.07, 6.45) is 13.1.